The average molecular weight is 439 g/mol. The highest BCUT2D eigenvalue weighted by atomic mass is 19.1. The molecule has 1 amide bonds. The molecular weight excluding hydrogens is 416 g/mol. The van der Waals surface area contributed by atoms with E-state index in [0.717, 1.165) is 28.8 Å². The Kier molecular flexibility index (Phi) is 5.99. The quantitative estimate of drug-likeness (QED) is 0.574. The number of carbonyl (C=O) groups is 1. The Morgan fingerprint density at radius 1 is 0.906 bits per heavy atom. The molecule has 0 radical (unpaired) electrons. The molecule has 1 atom stereocenters. The number of nitrogens with zero attached hydrogens (tertiary/aromatic N) is 1. The Balaban J connectivity index is 1.87. The molecule has 0 fully saturated rings. The zero-order valence-corrected chi connectivity index (χ0v) is 18.0. The van der Waals surface area contributed by atoms with E-state index in [2.05, 4.69) is 0 Å². The Morgan fingerprint density at radius 3 is 2.12 bits per heavy atom. The number of hydrogen-bond acceptors (Lipinski definition) is 4. The number of amides is 1. The summed E-state index contributed by atoms with van der Waals surface area (Å²) in [7, 11) is 4.66. The molecule has 0 bridgehead atoms. The molecule has 0 aliphatic carbocycles. The Morgan fingerprint density at radius 2 is 1.53 bits per heavy atom. The Hall–Kier alpha value is -3.61. The van der Waals surface area contributed by atoms with Gasteiger partial charge in [0, 0.05) is 6.54 Å². The zero-order valence-electron chi connectivity index (χ0n) is 18.0. The second-order valence-electron chi connectivity index (χ2n) is 7.43. The Labute approximate surface area is 185 Å². The molecule has 0 saturated heterocycles. The maximum atomic E-state index is 14.5. The first-order valence-corrected chi connectivity index (χ1v) is 10.1. The largest absolute Gasteiger partial charge is 0.497 e. The molecular formula is C25H23F2NO4. The highest BCUT2D eigenvalue weighted by Gasteiger charge is 2.35. The third kappa shape index (κ3) is 3.75. The molecule has 0 N–H and O–H groups in total. The summed E-state index contributed by atoms with van der Waals surface area (Å²) in [6.45, 7) is 0.284. The van der Waals surface area contributed by atoms with E-state index >= 15 is 0 Å². The monoisotopic (exact) mass is 439 g/mol. The zero-order chi connectivity index (χ0) is 22.8. The van der Waals surface area contributed by atoms with Gasteiger partial charge < -0.3 is 19.1 Å². The van der Waals surface area contributed by atoms with Crippen LogP contribution in [-0.2, 0) is 6.42 Å². The van der Waals surface area contributed by atoms with Crippen LogP contribution in [0, 0.1) is 11.6 Å². The van der Waals surface area contributed by atoms with Crippen LogP contribution in [0.4, 0.5) is 8.78 Å². The maximum absolute atomic E-state index is 14.5. The molecule has 0 aromatic heterocycles. The number of hydrogen-bond donors (Lipinski definition) is 0. The van der Waals surface area contributed by atoms with Crippen molar-refractivity contribution in [2.75, 3.05) is 27.9 Å². The van der Waals surface area contributed by atoms with E-state index in [1.54, 1.807) is 26.4 Å². The first kappa shape index (κ1) is 21.6. The van der Waals surface area contributed by atoms with Crippen LogP contribution in [0.2, 0.25) is 0 Å². The van der Waals surface area contributed by atoms with Gasteiger partial charge in [-0.2, -0.15) is 0 Å². The first-order valence-electron chi connectivity index (χ1n) is 10.1. The summed E-state index contributed by atoms with van der Waals surface area (Å²) < 4.78 is 45.1. The van der Waals surface area contributed by atoms with Crippen molar-refractivity contribution in [3.8, 4) is 17.2 Å². The van der Waals surface area contributed by atoms with Crippen molar-refractivity contribution in [1.82, 2.24) is 4.90 Å². The predicted molar refractivity (Wildman–Crippen MR) is 115 cm³/mol. The molecule has 5 nitrogen and oxygen atoms in total. The van der Waals surface area contributed by atoms with Crippen LogP contribution in [0.1, 0.15) is 33.1 Å². The van der Waals surface area contributed by atoms with Crippen molar-refractivity contribution in [1.29, 1.82) is 0 Å². The minimum Gasteiger partial charge on any atom is -0.497 e. The van der Waals surface area contributed by atoms with E-state index in [1.807, 2.05) is 24.3 Å². The molecule has 3 aromatic carbocycles. The summed E-state index contributed by atoms with van der Waals surface area (Å²) in [5, 5.41) is 0. The van der Waals surface area contributed by atoms with Crippen molar-refractivity contribution in [2.45, 2.75) is 12.5 Å². The molecule has 1 heterocycles. The highest BCUT2D eigenvalue weighted by Crippen LogP contribution is 2.42. The summed E-state index contributed by atoms with van der Waals surface area (Å²) in [4.78, 5) is 14.9. The van der Waals surface area contributed by atoms with Crippen molar-refractivity contribution < 1.29 is 27.8 Å². The van der Waals surface area contributed by atoms with Crippen LogP contribution >= 0.6 is 0 Å². The minimum atomic E-state index is -0.887. The van der Waals surface area contributed by atoms with E-state index in [1.165, 1.54) is 18.1 Å². The van der Waals surface area contributed by atoms with Gasteiger partial charge >= 0.3 is 0 Å². The number of carbonyl (C=O) groups excluding carboxylic acids is 1. The van der Waals surface area contributed by atoms with Crippen molar-refractivity contribution in [3.05, 3.63) is 88.5 Å². The van der Waals surface area contributed by atoms with E-state index in [9.17, 15) is 13.6 Å². The minimum absolute atomic E-state index is 0.284. The van der Waals surface area contributed by atoms with E-state index < -0.39 is 29.1 Å². The van der Waals surface area contributed by atoms with Crippen LogP contribution in [0.25, 0.3) is 0 Å². The maximum Gasteiger partial charge on any atom is 0.260 e. The standard InChI is InChI=1S/C25H23F2NO4/c1-30-17-9-7-15(8-10-17)24-18-14-22(32-3)21(31-2)13-16(18)11-12-28(24)25(29)23-19(26)5-4-6-20(23)27/h4-10,13-14,24H,11-12H2,1-3H3/t24-/m1/s1. The fraction of sp³-hybridized carbons (Fsp3) is 0.240. The third-order valence-electron chi connectivity index (χ3n) is 5.74. The summed E-state index contributed by atoms with van der Waals surface area (Å²) in [6, 6.07) is 13.8. The van der Waals surface area contributed by atoms with Gasteiger partial charge in [-0.05, 0) is 59.5 Å². The van der Waals surface area contributed by atoms with Crippen LogP contribution in [-0.4, -0.2) is 38.7 Å². The highest BCUT2D eigenvalue weighted by molar-refractivity contribution is 5.95. The SMILES string of the molecule is COc1ccc([C@@H]2c3cc(OC)c(OC)cc3CCN2C(=O)c2c(F)cccc2F)cc1. The van der Waals surface area contributed by atoms with E-state index in [4.69, 9.17) is 14.2 Å². The molecule has 4 rings (SSSR count). The normalized spacial score (nSPS) is 15.2. The molecule has 1 aliphatic rings. The van der Waals surface area contributed by atoms with Crippen molar-refractivity contribution >= 4 is 5.91 Å². The first-order chi connectivity index (χ1) is 15.5. The van der Waals surface area contributed by atoms with Gasteiger partial charge in [-0.15, -0.1) is 0 Å². The Bertz CT molecular complexity index is 1130. The molecule has 7 heteroatoms. The number of fused-ring (bicyclic) bond motifs is 1. The predicted octanol–water partition coefficient (Wildman–Crippen LogP) is 4.78. The lowest BCUT2D eigenvalue weighted by Gasteiger charge is -2.38. The molecule has 0 spiro atoms. The second-order valence-corrected chi connectivity index (χ2v) is 7.43. The summed E-state index contributed by atoms with van der Waals surface area (Å²) >= 11 is 0. The fourth-order valence-electron chi connectivity index (χ4n) is 4.16. The summed E-state index contributed by atoms with van der Waals surface area (Å²) in [6.07, 6.45) is 0.504. The second kappa shape index (κ2) is 8.86. The molecule has 166 valence electrons. The molecule has 0 unspecified atom stereocenters. The molecule has 1 aliphatic heterocycles. The van der Waals surface area contributed by atoms with Gasteiger partial charge in [-0.1, -0.05) is 18.2 Å². The van der Waals surface area contributed by atoms with Gasteiger partial charge in [0.2, 0.25) is 0 Å². The van der Waals surface area contributed by atoms with Gasteiger partial charge in [-0.3, -0.25) is 4.79 Å². The van der Waals surface area contributed by atoms with Crippen LogP contribution in [0.15, 0.2) is 54.6 Å². The van der Waals surface area contributed by atoms with Crippen LogP contribution in [0.5, 0.6) is 17.2 Å². The van der Waals surface area contributed by atoms with Gasteiger partial charge in [0.05, 0.1) is 27.4 Å². The molecule has 32 heavy (non-hydrogen) atoms. The average Bonchev–Trinajstić information content (AvgIpc) is 2.82. The third-order valence-corrected chi connectivity index (χ3v) is 5.74. The number of methoxy groups -OCH3 is 3. The fourth-order valence-corrected chi connectivity index (χ4v) is 4.16. The number of benzene rings is 3. The van der Waals surface area contributed by atoms with Gasteiger partial charge in [0.1, 0.15) is 22.9 Å². The number of halogens is 2. The molecule has 0 saturated carbocycles. The van der Waals surface area contributed by atoms with Gasteiger partial charge in [0.15, 0.2) is 11.5 Å². The smallest absolute Gasteiger partial charge is 0.260 e. The van der Waals surface area contributed by atoms with Gasteiger partial charge in [0.25, 0.3) is 5.91 Å². The molecule has 3 aromatic rings. The summed E-state index contributed by atoms with van der Waals surface area (Å²) in [5.74, 6) is -0.726. The van der Waals surface area contributed by atoms with E-state index in [-0.39, 0.29) is 6.54 Å². The van der Waals surface area contributed by atoms with Crippen molar-refractivity contribution in [3.63, 3.8) is 0 Å². The van der Waals surface area contributed by atoms with E-state index in [0.29, 0.717) is 23.7 Å². The van der Waals surface area contributed by atoms with Crippen molar-refractivity contribution in [2.24, 2.45) is 0 Å². The van der Waals surface area contributed by atoms with Crippen LogP contribution < -0.4 is 14.2 Å². The topological polar surface area (TPSA) is 48.0 Å². The van der Waals surface area contributed by atoms with Crippen LogP contribution in [0.3, 0.4) is 0 Å². The van der Waals surface area contributed by atoms with Gasteiger partial charge in [-0.25, -0.2) is 8.78 Å². The lowest BCUT2D eigenvalue weighted by atomic mass is 9.87. The lowest BCUT2D eigenvalue weighted by molar-refractivity contribution is 0.0684. The summed E-state index contributed by atoms with van der Waals surface area (Å²) in [5.41, 5.74) is 2.00. The lowest BCUT2D eigenvalue weighted by Crippen LogP contribution is -2.41. The number of rotatable bonds is 5. The number of ether oxygens (including phenoxy) is 3.